The summed E-state index contributed by atoms with van der Waals surface area (Å²) in [6, 6.07) is 7.64. The summed E-state index contributed by atoms with van der Waals surface area (Å²) in [5, 5.41) is 0. The molecule has 0 spiro atoms. The monoisotopic (exact) mass is 262 g/mol. The van der Waals surface area contributed by atoms with Crippen LogP contribution in [0, 0.1) is 0 Å². The summed E-state index contributed by atoms with van der Waals surface area (Å²) in [7, 11) is 1.63. The highest BCUT2D eigenvalue weighted by Gasteiger charge is 2.33. The van der Waals surface area contributed by atoms with Gasteiger partial charge in [-0.25, -0.2) is 0 Å². The largest absolute Gasteiger partial charge is 0.497 e. The quantitative estimate of drug-likeness (QED) is 0.836. The van der Waals surface area contributed by atoms with Gasteiger partial charge in [-0.1, -0.05) is 12.1 Å². The molecule has 0 saturated carbocycles. The molecule has 2 rings (SSSR count). The van der Waals surface area contributed by atoms with Crippen LogP contribution in [0.25, 0.3) is 0 Å². The molecule has 1 atom stereocenters. The molecule has 1 aliphatic rings. The topological polar surface area (TPSA) is 44.8 Å². The van der Waals surface area contributed by atoms with Crippen molar-refractivity contribution in [2.75, 3.05) is 7.11 Å². The van der Waals surface area contributed by atoms with Gasteiger partial charge in [-0.15, -0.1) is 0 Å². The van der Waals surface area contributed by atoms with Crippen molar-refractivity contribution in [2.24, 2.45) is 0 Å². The Kier molecular flexibility index (Phi) is 4.02. The Morgan fingerprint density at radius 2 is 2.16 bits per heavy atom. The molecular formula is C15H18O4. The zero-order chi connectivity index (χ0) is 13.9. The Bertz CT molecular complexity index is 491. The number of methoxy groups -OCH3 is 1. The summed E-state index contributed by atoms with van der Waals surface area (Å²) >= 11 is 0. The normalized spacial score (nSPS) is 21.4. The van der Waals surface area contributed by atoms with Crippen molar-refractivity contribution in [3.8, 4) is 5.75 Å². The van der Waals surface area contributed by atoms with Crippen LogP contribution in [0.5, 0.6) is 5.75 Å². The van der Waals surface area contributed by atoms with Crippen LogP contribution >= 0.6 is 0 Å². The molecule has 19 heavy (non-hydrogen) atoms. The van der Waals surface area contributed by atoms with Gasteiger partial charge in [-0.2, -0.15) is 0 Å². The highest BCUT2D eigenvalue weighted by atomic mass is 16.7. The van der Waals surface area contributed by atoms with E-state index >= 15 is 0 Å². The molecular weight excluding hydrogens is 244 g/mol. The van der Waals surface area contributed by atoms with Crippen LogP contribution in [0.1, 0.15) is 19.4 Å². The zero-order valence-corrected chi connectivity index (χ0v) is 11.4. The lowest BCUT2D eigenvalue weighted by atomic mass is 10.0. The van der Waals surface area contributed by atoms with E-state index in [9.17, 15) is 4.79 Å². The van der Waals surface area contributed by atoms with Crippen molar-refractivity contribution < 1.29 is 19.0 Å². The van der Waals surface area contributed by atoms with E-state index in [2.05, 4.69) is 0 Å². The minimum atomic E-state index is -0.826. The molecule has 0 bridgehead atoms. The summed E-state index contributed by atoms with van der Waals surface area (Å²) in [6.45, 7) is 3.87. The van der Waals surface area contributed by atoms with Crippen LogP contribution in [0.4, 0.5) is 0 Å². The number of carbonyl (C=O) groups is 1. The van der Waals surface area contributed by atoms with Crippen LogP contribution in [0.2, 0.25) is 0 Å². The van der Waals surface area contributed by atoms with Crippen molar-refractivity contribution in [3.05, 3.63) is 42.0 Å². The Morgan fingerprint density at radius 1 is 1.37 bits per heavy atom. The SMILES string of the molecule is COc1cccc(COC2C=CC(=O)C(C)(C)O2)c1. The lowest BCUT2D eigenvalue weighted by Gasteiger charge is -2.30. The molecule has 0 aliphatic carbocycles. The van der Waals surface area contributed by atoms with E-state index in [0.29, 0.717) is 6.61 Å². The second-order valence-electron chi connectivity index (χ2n) is 4.88. The molecule has 0 aromatic heterocycles. The van der Waals surface area contributed by atoms with Gasteiger partial charge in [0.05, 0.1) is 13.7 Å². The van der Waals surface area contributed by atoms with E-state index in [-0.39, 0.29) is 5.78 Å². The number of hydrogen-bond donors (Lipinski definition) is 0. The predicted molar refractivity (Wildman–Crippen MR) is 70.9 cm³/mol. The lowest BCUT2D eigenvalue weighted by molar-refractivity contribution is -0.189. The van der Waals surface area contributed by atoms with E-state index in [1.54, 1.807) is 27.0 Å². The first kappa shape index (κ1) is 13.8. The van der Waals surface area contributed by atoms with Gasteiger partial charge in [0.1, 0.15) is 11.4 Å². The Labute approximate surface area is 113 Å². The first-order chi connectivity index (χ1) is 9.01. The van der Waals surface area contributed by atoms with Crippen LogP contribution < -0.4 is 4.74 Å². The molecule has 0 radical (unpaired) electrons. The highest BCUT2D eigenvalue weighted by molar-refractivity contribution is 5.97. The first-order valence-electron chi connectivity index (χ1n) is 6.16. The fourth-order valence-corrected chi connectivity index (χ4v) is 1.78. The van der Waals surface area contributed by atoms with E-state index in [1.807, 2.05) is 24.3 Å². The van der Waals surface area contributed by atoms with Gasteiger partial charge in [-0.05, 0) is 43.7 Å². The number of rotatable bonds is 4. The van der Waals surface area contributed by atoms with Crippen molar-refractivity contribution >= 4 is 5.78 Å². The summed E-state index contributed by atoms with van der Waals surface area (Å²) in [4.78, 5) is 11.5. The van der Waals surface area contributed by atoms with Gasteiger partial charge in [0.15, 0.2) is 12.1 Å². The second-order valence-corrected chi connectivity index (χ2v) is 4.88. The van der Waals surface area contributed by atoms with E-state index < -0.39 is 11.9 Å². The summed E-state index contributed by atoms with van der Waals surface area (Å²) in [5.41, 5.74) is 0.166. The van der Waals surface area contributed by atoms with Gasteiger partial charge in [0.2, 0.25) is 0 Å². The van der Waals surface area contributed by atoms with Crippen LogP contribution in [-0.4, -0.2) is 24.8 Å². The average molecular weight is 262 g/mol. The molecule has 102 valence electrons. The maximum Gasteiger partial charge on any atom is 0.186 e. The molecule has 1 aromatic rings. The molecule has 1 aromatic carbocycles. The smallest absolute Gasteiger partial charge is 0.186 e. The minimum absolute atomic E-state index is 0.0475. The number of ketones is 1. The lowest BCUT2D eigenvalue weighted by Crippen LogP contribution is -2.41. The van der Waals surface area contributed by atoms with E-state index in [1.165, 1.54) is 6.08 Å². The molecule has 1 unspecified atom stereocenters. The van der Waals surface area contributed by atoms with Gasteiger partial charge in [0.25, 0.3) is 0 Å². The standard InChI is InChI=1S/C15H18O4/c1-15(2)13(16)7-8-14(19-15)18-10-11-5-4-6-12(9-11)17-3/h4-9,14H,10H2,1-3H3. The molecule has 0 fully saturated rings. The Hall–Kier alpha value is -1.65. The van der Waals surface area contributed by atoms with E-state index in [0.717, 1.165) is 11.3 Å². The average Bonchev–Trinajstić information content (AvgIpc) is 2.40. The van der Waals surface area contributed by atoms with Crippen LogP contribution in [-0.2, 0) is 20.9 Å². The van der Waals surface area contributed by atoms with Gasteiger partial charge >= 0.3 is 0 Å². The highest BCUT2D eigenvalue weighted by Crippen LogP contribution is 2.22. The molecule has 0 N–H and O–H groups in total. The van der Waals surface area contributed by atoms with Gasteiger partial charge < -0.3 is 14.2 Å². The Morgan fingerprint density at radius 3 is 2.84 bits per heavy atom. The summed E-state index contributed by atoms with van der Waals surface area (Å²) < 4.78 is 16.4. The maximum absolute atomic E-state index is 11.5. The molecule has 0 saturated heterocycles. The predicted octanol–water partition coefficient (Wildman–Crippen LogP) is 2.47. The number of carbonyl (C=O) groups excluding carboxylic acids is 1. The molecule has 0 amide bonds. The first-order valence-corrected chi connectivity index (χ1v) is 6.16. The molecule has 1 heterocycles. The van der Waals surface area contributed by atoms with Crippen molar-refractivity contribution in [1.82, 2.24) is 0 Å². The Balaban J connectivity index is 1.96. The minimum Gasteiger partial charge on any atom is -0.497 e. The van der Waals surface area contributed by atoms with Crippen molar-refractivity contribution in [3.63, 3.8) is 0 Å². The summed E-state index contributed by atoms with van der Waals surface area (Å²) in [5.74, 6) is 0.741. The third-order valence-electron chi connectivity index (χ3n) is 2.96. The van der Waals surface area contributed by atoms with Gasteiger partial charge in [0, 0.05) is 0 Å². The van der Waals surface area contributed by atoms with E-state index in [4.69, 9.17) is 14.2 Å². The maximum atomic E-state index is 11.5. The molecule has 4 heteroatoms. The summed E-state index contributed by atoms with van der Waals surface area (Å²) in [6.07, 6.45) is 2.65. The zero-order valence-electron chi connectivity index (χ0n) is 11.4. The van der Waals surface area contributed by atoms with Crippen molar-refractivity contribution in [1.29, 1.82) is 0 Å². The van der Waals surface area contributed by atoms with Gasteiger partial charge in [-0.3, -0.25) is 4.79 Å². The fourth-order valence-electron chi connectivity index (χ4n) is 1.78. The fraction of sp³-hybridized carbons (Fsp3) is 0.400. The van der Waals surface area contributed by atoms with Crippen LogP contribution in [0.3, 0.4) is 0 Å². The number of hydrogen-bond acceptors (Lipinski definition) is 4. The second kappa shape index (κ2) is 5.55. The molecule has 4 nitrogen and oxygen atoms in total. The number of ether oxygens (including phenoxy) is 3. The van der Waals surface area contributed by atoms with Crippen molar-refractivity contribution in [2.45, 2.75) is 32.3 Å². The third-order valence-corrected chi connectivity index (χ3v) is 2.96. The third kappa shape index (κ3) is 3.43. The number of benzene rings is 1. The molecule has 1 aliphatic heterocycles. The van der Waals surface area contributed by atoms with Crippen LogP contribution in [0.15, 0.2) is 36.4 Å².